The Balaban J connectivity index is 3.21. The second-order valence-corrected chi connectivity index (χ2v) is 4.24. The topological polar surface area (TPSA) is 61.8 Å². The Hall–Kier alpha value is -1.46. The summed E-state index contributed by atoms with van der Waals surface area (Å²) in [7, 11) is 3.95. The molecule has 0 heterocycles. The van der Waals surface area contributed by atoms with E-state index in [1.807, 2.05) is 0 Å². The molecule has 0 saturated heterocycles. The molecule has 7 heteroatoms. The van der Waals surface area contributed by atoms with Gasteiger partial charge < -0.3 is 14.2 Å². The second-order valence-electron chi connectivity index (χ2n) is 3.42. The van der Waals surface area contributed by atoms with Gasteiger partial charge in [0, 0.05) is 5.56 Å². The van der Waals surface area contributed by atoms with Crippen molar-refractivity contribution in [3.05, 3.63) is 22.7 Å². The van der Waals surface area contributed by atoms with E-state index in [1.165, 1.54) is 20.3 Å². The van der Waals surface area contributed by atoms with E-state index in [9.17, 15) is 9.59 Å². The molecule has 1 atom stereocenters. The number of ketones is 1. The SMILES string of the molecule is COC(=O)C(=O)C(Cl)c1ccc(OC)c(OC)c1Cl. The highest BCUT2D eigenvalue weighted by atomic mass is 35.5. The second kappa shape index (κ2) is 6.63. The molecule has 104 valence electrons. The molecule has 1 aromatic rings. The van der Waals surface area contributed by atoms with Crippen LogP contribution in [0.3, 0.4) is 0 Å². The number of alkyl halides is 1. The van der Waals surface area contributed by atoms with E-state index in [-0.39, 0.29) is 16.3 Å². The van der Waals surface area contributed by atoms with Crippen LogP contribution in [0.4, 0.5) is 0 Å². The molecular formula is C12H12Cl2O5. The van der Waals surface area contributed by atoms with Gasteiger partial charge in [0.15, 0.2) is 11.5 Å². The molecule has 19 heavy (non-hydrogen) atoms. The van der Waals surface area contributed by atoms with Gasteiger partial charge in [0.1, 0.15) is 5.38 Å². The van der Waals surface area contributed by atoms with E-state index in [2.05, 4.69) is 4.74 Å². The summed E-state index contributed by atoms with van der Waals surface area (Å²) >= 11 is 12.0. The first kappa shape index (κ1) is 15.6. The minimum Gasteiger partial charge on any atom is -0.493 e. The van der Waals surface area contributed by atoms with Crippen LogP contribution in [-0.2, 0) is 14.3 Å². The lowest BCUT2D eigenvalue weighted by Crippen LogP contribution is -2.20. The zero-order chi connectivity index (χ0) is 14.6. The zero-order valence-electron chi connectivity index (χ0n) is 10.5. The number of benzene rings is 1. The predicted octanol–water partition coefficient (Wildman–Crippen LogP) is 2.38. The first-order chi connectivity index (χ1) is 8.97. The number of hydrogen-bond acceptors (Lipinski definition) is 5. The Kier molecular flexibility index (Phi) is 5.44. The largest absolute Gasteiger partial charge is 0.493 e. The molecule has 0 bridgehead atoms. The molecule has 5 nitrogen and oxygen atoms in total. The molecule has 0 saturated carbocycles. The van der Waals surface area contributed by atoms with E-state index in [0.29, 0.717) is 5.75 Å². The number of halogens is 2. The van der Waals surface area contributed by atoms with Crippen LogP contribution >= 0.6 is 23.2 Å². The van der Waals surface area contributed by atoms with Crippen molar-refractivity contribution < 1.29 is 23.8 Å². The van der Waals surface area contributed by atoms with E-state index in [0.717, 1.165) is 7.11 Å². The van der Waals surface area contributed by atoms with Gasteiger partial charge >= 0.3 is 5.97 Å². The summed E-state index contributed by atoms with van der Waals surface area (Å²) in [4.78, 5) is 22.8. The van der Waals surface area contributed by atoms with Crippen molar-refractivity contribution in [2.75, 3.05) is 21.3 Å². The summed E-state index contributed by atoms with van der Waals surface area (Å²) in [5.74, 6) is -1.31. The van der Waals surface area contributed by atoms with Crippen molar-refractivity contribution in [1.82, 2.24) is 0 Å². The van der Waals surface area contributed by atoms with Gasteiger partial charge in [-0.25, -0.2) is 4.79 Å². The molecule has 0 aliphatic carbocycles. The van der Waals surface area contributed by atoms with Gasteiger partial charge in [-0.05, 0) is 6.07 Å². The fourth-order valence-corrected chi connectivity index (χ4v) is 2.11. The third kappa shape index (κ3) is 3.11. The number of hydrogen-bond donors (Lipinski definition) is 0. The number of rotatable bonds is 5. The summed E-state index contributed by atoms with van der Waals surface area (Å²) in [6, 6.07) is 3.03. The molecule has 0 radical (unpaired) electrons. The fourth-order valence-electron chi connectivity index (χ4n) is 1.45. The summed E-state index contributed by atoms with van der Waals surface area (Å²) in [5, 5.41) is -1.14. The minimum atomic E-state index is -1.25. The van der Waals surface area contributed by atoms with Crippen LogP contribution in [0.1, 0.15) is 10.9 Å². The monoisotopic (exact) mass is 306 g/mol. The normalized spacial score (nSPS) is 11.6. The summed E-state index contributed by atoms with van der Waals surface area (Å²) < 4.78 is 14.5. The summed E-state index contributed by atoms with van der Waals surface area (Å²) in [5.41, 5.74) is 0.247. The highest BCUT2D eigenvalue weighted by Gasteiger charge is 2.29. The van der Waals surface area contributed by atoms with Crippen LogP contribution < -0.4 is 9.47 Å². The van der Waals surface area contributed by atoms with Gasteiger partial charge in [-0.2, -0.15) is 0 Å². The number of methoxy groups -OCH3 is 3. The first-order valence-corrected chi connectivity index (χ1v) is 5.95. The Bertz CT molecular complexity index is 501. The predicted molar refractivity (Wildman–Crippen MR) is 70.2 cm³/mol. The number of esters is 1. The lowest BCUT2D eigenvalue weighted by Gasteiger charge is -2.14. The molecule has 0 aliphatic heterocycles. The van der Waals surface area contributed by atoms with Crippen LogP contribution in [-0.4, -0.2) is 33.1 Å². The number of carbonyl (C=O) groups excluding carboxylic acids is 2. The summed E-state index contributed by atoms with van der Waals surface area (Å²) in [6.07, 6.45) is 0. The number of carbonyl (C=O) groups is 2. The minimum absolute atomic E-state index is 0.110. The molecule has 0 N–H and O–H groups in total. The molecular weight excluding hydrogens is 295 g/mol. The maximum Gasteiger partial charge on any atom is 0.376 e. The summed E-state index contributed by atoms with van der Waals surface area (Å²) in [6.45, 7) is 0. The molecule has 0 aliphatic rings. The third-order valence-electron chi connectivity index (χ3n) is 2.40. The van der Waals surface area contributed by atoms with Gasteiger partial charge in [0.25, 0.3) is 5.78 Å². The fraction of sp³-hybridized carbons (Fsp3) is 0.333. The van der Waals surface area contributed by atoms with E-state index < -0.39 is 17.1 Å². The Morgan fingerprint density at radius 1 is 1.16 bits per heavy atom. The third-order valence-corrected chi connectivity index (χ3v) is 3.23. The Morgan fingerprint density at radius 2 is 1.79 bits per heavy atom. The maximum absolute atomic E-state index is 11.6. The Labute approximate surface area is 120 Å². The molecule has 1 aromatic carbocycles. The quantitative estimate of drug-likeness (QED) is 0.475. The number of ether oxygens (including phenoxy) is 3. The van der Waals surface area contributed by atoms with Crippen molar-refractivity contribution in [3.63, 3.8) is 0 Å². The van der Waals surface area contributed by atoms with Gasteiger partial charge in [0.05, 0.1) is 26.4 Å². The molecule has 0 aromatic heterocycles. The van der Waals surface area contributed by atoms with Crippen LogP contribution in [0, 0.1) is 0 Å². The lowest BCUT2D eigenvalue weighted by atomic mass is 10.1. The molecule has 0 spiro atoms. The smallest absolute Gasteiger partial charge is 0.376 e. The van der Waals surface area contributed by atoms with Crippen molar-refractivity contribution in [2.45, 2.75) is 5.38 Å². The van der Waals surface area contributed by atoms with Crippen molar-refractivity contribution in [1.29, 1.82) is 0 Å². The Morgan fingerprint density at radius 3 is 2.26 bits per heavy atom. The standard InChI is InChI=1S/C12H12Cl2O5/c1-17-7-5-4-6(9(14)11(7)18-2)8(13)10(15)12(16)19-3/h4-5,8H,1-3H3. The molecule has 0 fully saturated rings. The molecule has 1 unspecified atom stereocenters. The van der Waals surface area contributed by atoms with Crippen LogP contribution in [0.25, 0.3) is 0 Å². The van der Waals surface area contributed by atoms with E-state index >= 15 is 0 Å². The highest BCUT2D eigenvalue weighted by Crippen LogP contribution is 2.41. The van der Waals surface area contributed by atoms with Crippen LogP contribution in [0.2, 0.25) is 5.02 Å². The molecule has 0 amide bonds. The zero-order valence-corrected chi connectivity index (χ0v) is 12.0. The van der Waals surface area contributed by atoms with Crippen LogP contribution in [0.15, 0.2) is 12.1 Å². The van der Waals surface area contributed by atoms with Gasteiger partial charge in [0.2, 0.25) is 0 Å². The average Bonchev–Trinajstić information content (AvgIpc) is 2.44. The average molecular weight is 307 g/mol. The first-order valence-electron chi connectivity index (χ1n) is 5.14. The van der Waals surface area contributed by atoms with Crippen molar-refractivity contribution in [2.24, 2.45) is 0 Å². The van der Waals surface area contributed by atoms with Gasteiger partial charge in [-0.3, -0.25) is 4.79 Å². The van der Waals surface area contributed by atoms with E-state index in [1.54, 1.807) is 6.07 Å². The maximum atomic E-state index is 11.6. The number of Topliss-reactive ketones (excluding diaryl/α,β-unsaturated/α-hetero) is 1. The lowest BCUT2D eigenvalue weighted by molar-refractivity contribution is -0.151. The van der Waals surface area contributed by atoms with Gasteiger partial charge in [-0.1, -0.05) is 17.7 Å². The van der Waals surface area contributed by atoms with Gasteiger partial charge in [-0.15, -0.1) is 11.6 Å². The molecule has 1 rings (SSSR count). The van der Waals surface area contributed by atoms with Crippen LogP contribution in [0.5, 0.6) is 11.5 Å². The van der Waals surface area contributed by atoms with Crippen molar-refractivity contribution in [3.8, 4) is 11.5 Å². The van der Waals surface area contributed by atoms with Crippen molar-refractivity contribution >= 4 is 35.0 Å². The van der Waals surface area contributed by atoms with E-state index in [4.69, 9.17) is 32.7 Å². The highest BCUT2D eigenvalue weighted by molar-refractivity contribution is 6.48.